The van der Waals surface area contributed by atoms with E-state index in [0.29, 0.717) is 12.5 Å². The summed E-state index contributed by atoms with van der Waals surface area (Å²) in [4.78, 5) is 12.8. The van der Waals surface area contributed by atoms with Gasteiger partial charge < -0.3 is 15.7 Å². The van der Waals surface area contributed by atoms with Gasteiger partial charge in [-0.1, -0.05) is 0 Å². The van der Waals surface area contributed by atoms with Crippen molar-refractivity contribution in [3.8, 4) is 11.3 Å². The number of aliphatic hydroxyl groups is 1. The van der Waals surface area contributed by atoms with E-state index in [1.807, 2.05) is 18.2 Å². The molecule has 0 atom stereocenters. The molecule has 0 aromatic carbocycles. The second-order valence-electron chi connectivity index (χ2n) is 4.65. The fourth-order valence-corrected chi connectivity index (χ4v) is 1.73. The van der Waals surface area contributed by atoms with Crippen LogP contribution in [-0.4, -0.2) is 39.3 Å². The average Bonchev–Trinajstić information content (AvgIpc) is 2.45. The van der Waals surface area contributed by atoms with Crippen molar-refractivity contribution in [2.75, 3.05) is 23.8 Å². The molecule has 2 rings (SSSR count). The molecule has 2 aromatic heterocycles. The Labute approximate surface area is 118 Å². The molecular formula is C14H19N5O. The van der Waals surface area contributed by atoms with Crippen LogP contribution < -0.4 is 10.6 Å². The van der Waals surface area contributed by atoms with Crippen LogP contribution in [0.2, 0.25) is 0 Å². The van der Waals surface area contributed by atoms with Gasteiger partial charge >= 0.3 is 0 Å². The Morgan fingerprint density at radius 3 is 2.60 bits per heavy atom. The van der Waals surface area contributed by atoms with Crippen molar-refractivity contribution in [2.24, 2.45) is 0 Å². The monoisotopic (exact) mass is 273 g/mol. The van der Waals surface area contributed by atoms with Crippen molar-refractivity contribution in [3.05, 3.63) is 30.6 Å². The first-order valence-corrected chi connectivity index (χ1v) is 6.60. The summed E-state index contributed by atoms with van der Waals surface area (Å²) in [5, 5.41) is 15.1. The molecule has 0 aliphatic heterocycles. The molecule has 2 heterocycles. The summed E-state index contributed by atoms with van der Waals surface area (Å²) in [7, 11) is 0. The van der Waals surface area contributed by atoms with Gasteiger partial charge in [0.05, 0.1) is 12.3 Å². The second-order valence-corrected chi connectivity index (χ2v) is 4.65. The Hall–Kier alpha value is -2.21. The number of hydrogen-bond acceptors (Lipinski definition) is 6. The van der Waals surface area contributed by atoms with Gasteiger partial charge in [0.25, 0.3) is 0 Å². The zero-order valence-electron chi connectivity index (χ0n) is 11.7. The minimum absolute atomic E-state index is 0.0375. The van der Waals surface area contributed by atoms with Crippen LogP contribution in [0.4, 0.5) is 11.8 Å². The molecule has 0 bridgehead atoms. The first kappa shape index (κ1) is 14.2. The van der Waals surface area contributed by atoms with Crippen LogP contribution >= 0.6 is 0 Å². The number of nitrogens with one attached hydrogen (secondary N) is 2. The topological polar surface area (TPSA) is 83.0 Å². The first-order chi connectivity index (χ1) is 9.69. The number of rotatable bonds is 6. The van der Waals surface area contributed by atoms with Crippen molar-refractivity contribution >= 4 is 11.8 Å². The molecule has 0 fully saturated rings. The van der Waals surface area contributed by atoms with Gasteiger partial charge in [0.1, 0.15) is 5.82 Å². The summed E-state index contributed by atoms with van der Waals surface area (Å²) < 4.78 is 0. The van der Waals surface area contributed by atoms with Crippen molar-refractivity contribution in [2.45, 2.75) is 19.9 Å². The molecule has 0 amide bonds. The summed E-state index contributed by atoms with van der Waals surface area (Å²) in [6.45, 7) is 4.56. The van der Waals surface area contributed by atoms with Gasteiger partial charge in [0.15, 0.2) is 0 Å². The highest BCUT2D eigenvalue weighted by Crippen LogP contribution is 2.21. The number of hydrogen-bond donors (Lipinski definition) is 3. The van der Waals surface area contributed by atoms with E-state index in [9.17, 15) is 0 Å². The summed E-state index contributed by atoms with van der Waals surface area (Å²) in [6.07, 6.45) is 3.46. The number of aliphatic hydroxyl groups excluding tert-OH is 1. The largest absolute Gasteiger partial charge is 0.395 e. The molecule has 0 aliphatic carbocycles. The first-order valence-electron chi connectivity index (χ1n) is 6.60. The fourth-order valence-electron chi connectivity index (χ4n) is 1.73. The lowest BCUT2D eigenvalue weighted by atomic mass is 10.2. The van der Waals surface area contributed by atoms with E-state index in [1.165, 1.54) is 0 Å². The van der Waals surface area contributed by atoms with Gasteiger partial charge in [-0.3, -0.25) is 4.98 Å². The molecule has 0 spiro atoms. The van der Waals surface area contributed by atoms with E-state index in [2.05, 4.69) is 39.4 Å². The predicted molar refractivity (Wildman–Crippen MR) is 79.6 cm³/mol. The van der Waals surface area contributed by atoms with E-state index in [1.54, 1.807) is 12.4 Å². The maximum absolute atomic E-state index is 8.89. The minimum atomic E-state index is 0.0375. The molecule has 2 aromatic rings. The van der Waals surface area contributed by atoms with Gasteiger partial charge in [-0.15, -0.1) is 0 Å². The van der Waals surface area contributed by atoms with E-state index >= 15 is 0 Å². The van der Waals surface area contributed by atoms with Crippen molar-refractivity contribution < 1.29 is 5.11 Å². The standard InChI is InChI=1S/C14H19N5O/c1-10(2)17-13-9-12(11-3-5-15-6-4-11)18-14(19-13)16-7-8-20/h3-6,9-10,20H,7-8H2,1-2H3,(H2,16,17,18,19). The lowest BCUT2D eigenvalue weighted by Crippen LogP contribution is -2.14. The summed E-state index contributed by atoms with van der Waals surface area (Å²) in [5.41, 5.74) is 1.78. The van der Waals surface area contributed by atoms with E-state index in [0.717, 1.165) is 17.1 Å². The number of anilines is 2. The molecule has 6 heteroatoms. The SMILES string of the molecule is CC(C)Nc1cc(-c2ccncc2)nc(NCCO)n1. The maximum atomic E-state index is 8.89. The van der Waals surface area contributed by atoms with Crippen LogP contribution in [0.25, 0.3) is 11.3 Å². The Bertz CT molecular complexity index is 545. The number of pyridine rings is 1. The molecule has 3 N–H and O–H groups in total. The highest BCUT2D eigenvalue weighted by molar-refractivity contribution is 5.63. The van der Waals surface area contributed by atoms with E-state index in [4.69, 9.17) is 5.11 Å². The highest BCUT2D eigenvalue weighted by atomic mass is 16.3. The van der Waals surface area contributed by atoms with Gasteiger partial charge in [-0.2, -0.15) is 4.98 Å². The fraction of sp³-hybridized carbons (Fsp3) is 0.357. The molecule has 0 saturated heterocycles. The van der Waals surface area contributed by atoms with Crippen LogP contribution in [0, 0.1) is 0 Å². The van der Waals surface area contributed by atoms with Gasteiger partial charge in [0.2, 0.25) is 5.95 Å². The molecule has 0 unspecified atom stereocenters. The third-order valence-electron chi connectivity index (χ3n) is 2.53. The van der Waals surface area contributed by atoms with Gasteiger partial charge in [0, 0.05) is 36.6 Å². The Kier molecular flexibility index (Phi) is 4.84. The Morgan fingerprint density at radius 1 is 1.20 bits per heavy atom. The van der Waals surface area contributed by atoms with Crippen LogP contribution in [-0.2, 0) is 0 Å². The molecule has 106 valence electrons. The van der Waals surface area contributed by atoms with Crippen LogP contribution in [0.5, 0.6) is 0 Å². The van der Waals surface area contributed by atoms with Crippen molar-refractivity contribution in [1.29, 1.82) is 0 Å². The number of nitrogens with zero attached hydrogens (tertiary/aromatic N) is 3. The van der Waals surface area contributed by atoms with Gasteiger partial charge in [-0.05, 0) is 26.0 Å². The van der Waals surface area contributed by atoms with E-state index < -0.39 is 0 Å². The minimum Gasteiger partial charge on any atom is -0.395 e. The summed E-state index contributed by atoms with van der Waals surface area (Å²) in [6, 6.07) is 5.98. The zero-order chi connectivity index (χ0) is 14.4. The lowest BCUT2D eigenvalue weighted by Gasteiger charge is -2.12. The second kappa shape index (κ2) is 6.81. The molecule has 0 radical (unpaired) electrons. The molecule has 0 saturated carbocycles. The third kappa shape index (κ3) is 3.89. The smallest absolute Gasteiger partial charge is 0.225 e. The highest BCUT2D eigenvalue weighted by Gasteiger charge is 2.07. The van der Waals surface area contributed by atoms with Crippen molar-refractivity contribution in [3.63, 3.8) is 0 Å². The van der Waals surface area contributed by atoms with Crippen LogP contribution in [0.15, 0.2) is 30.6 Å². The summed E-state index contributed by atoms with van der Waals surface area (Å²) >= 11 is 0. The molecule has 0 aliphatic rings. The molecule has 6 nitrogen and oxygen atoms in total. The van der Waals surface area contributed by atoms with E-state index in [-0.39, 0.29) is 12.6 Å². The zero-order valence-corrected chi connectivity index (χ0v) is 11.7. The average molecular weight is 273 g/mol. The molecule has 20 heavy (non-hydrogen) atoms. The quantitative estimate of drug-likeness (QED) is 0.744. The Morgan fingerprint density at radius 2 is 1.95 bits per heavy atom. The third-order valence-corrected chi connectivity index (χ3v) is 2.53. The van der Waals surface area contributed by atoms with Crippen molar-refractivity contribution in [1.82, 2.24) is 15.0 Å². The summed E-state index contributed by atoms with van der Waals surface area (Å²) in [5.74, 6) is 1.25. The number of aromatic nitrogens is 3. The Balaban J connectivity index is 2.34. The molecular weight excluding hydrogens is 254 g/mol. The lowest BCUT2D eigenvalue weighted by molar-refractivity contribution is 0.311. The van der Waals surface area contributed by atoms with Crippen LogP contribution in [0.3, 0.4) is 0 Å². The predicted octanol–water partition coefficient (Wildman–Crippen LogP) is 1.76. The normalized spacial score (nSPS) is 10.6. The van der Waals surface area contributed by atoms with Crippen LogP contribution in [0.1, 0.15) is 13.8 Å². The van der Waals surface area contributed by atoms with Gasteiger partial charge in [-0.25, -0.2) is 4.98 Å². The maximum Gasteiger partial charge on any atom is 0.225 e.